The van der Waals surface area contributed by atoms with E-state index in [-0.39, 0.29) is 5.91 Å². The quantitative estimate of drug-likeness (QED) is 0.845. The molecule has 1 amide bonds. The number of nitrogens with one attached hydrogen (secondary N) is 1. The zero-order valence-electron chi connectivity index (χ0n) is 10.6. The molecule has 0 atom stereocenters. The number of anilines is 2. The molecule has 98 valence electrons. The molecule has 0 saturated carbocycles. The second-order valence-corrected chi connectivity index (χ2v) is 5.10. The topological polar surface area (TPSA) is 55.1 Å². The van der Waals surface area contributed by atoms with Gasteiger partial charge in [0.1, 0.15) is 0 Å². The number of carbonyl (C=O) groups excluding carboxylic acids is 1. The summed E-state index contributed by atoms with van der Waals surface area (Å²) in [5.74, 6) is -0.144. The molecular formula is C15H15BrN2O. The molecule has 4 heteroatoms. The minimum atomic E-state index is -0.144. The van der Waals surface area contributed by atoms with Gasteiger partial charge in [-0.25, -0.2) is 0 Å². The highest BCUT2D eigenvalue weighted by atomic mass is 79.9. The van der Waals surface area contributed by atoms with Crippen LogP contribution < -0.4 is 11.1 Å². The average Bonchev–Trinajstić information content (AvgIpc) is 2.42. The summed E-state index contributed by atoms with van der Waals surface area (Å²) >= 11 is 3.32. The van der Waals surface area contributed by atoms with Crippen LogP contribution in [-0.2, 0) is 6.42 Å². The molecule has 0 unspecified atom stereocenters. The molecule has 0 fully saturated rings. The number of nitrogen functional groups attached to an aromatic ring is 1. The number of hydrogen-bond donors (Lipinski definition) is 2. The fourth-order valence-corrected chi connectivity index (χ4v) is 2.12. The van der Waals surface area contributed by atoms with Crippen molar-refractivity contribution in [3.8, 4) is 0 Å². The molecule has 0 aromatic heterocycles. The number of benzene rings is 2. The number of carbonyl (C=O) groups is 1. The Bertz CT molecular complexity index is 611. The van der Waals surface area contributed by atoms with E-state index in [0.717, 1.165) is 16.6 Å². The number of nitrogens with two attached hydrogens (primary N) is 1. The van der Waals surface area contributed by atoms with E-state index in [1.165, 1.54) is 5.56 Å². The summed E-state index contributed by atoms with van der Waals surface area (Å²) in [4.78, 5) is 12.1. The first-order chi connectivity index (χ1) is 9.10. The van der Waals surface area contributed by atoms with Gasteiger partial charge in [-0.2, -0.15) is 0 Å². The fraction of sp³-hybridized carbons (Fsp3) is 0.133. The smallest absolute Gasteiger partial charge is 0.255 e. The molecule has 0 aliphatic carbocycles. The maximum atomic E-state index is 12.1. The van der Waals surface area contributed by atoms with Crippen LogP contribution in [0.2, 0.25) is 0 Å². The lowest BCUT2D eigenvalue weighted by Crippen LogP contribution is -2.12. The molecule has 2 aromatic rings. The van der Waals surface area contributed by atoms with Crippen LogP contribution in [0, 0.1) is 0 Å². The summed E-state index contributed by atoms with van der Waals surface area (Å²) in [7, 11) is 0. The van der Waals surface area contributed by atoms with Gasteiger partial charge in [0.2, 0.25) is 0 Å². The highest BCUT2D eigenvalue weighted by molar-refractivity contribution is 9.10. The van der Waals surface area contributed by atoms with E-state index < -0.39 is 0 Å². The molecule has 19 heavy (non-hydrogen) atoms. The van der Waals surface area contributed by atoms with Crippen LogP contribution in [0.15, 0.2) is 46.9 Å². The minimum Gasteiger partial charge on any atom is -0.398 e. The third kappa shape index (κ3) is 3.35. The Morgan fingerprint density at radius 1 is 1.26 bits per heavy atom. The monoisotopic (exact) mass is 318 g/mol. The third-order valence-electron chi connectivity index (χ3n) is 2.86. The van der Waals surface area contributed by atoms with Crippen molar-refractivity contribution in [2.24, 2.45) is 0 Å². The number of hydrogen-bond acceptors (Lipinski definition) is 2. The predicted octanol–water partition coefficient (Wildman–Crippen LogP) is 3.85. The van der Waals surface area contributed by atoms with Crippen LogP contribution in [0.1, 0.15) is 22.8 Å². The van der Waals surface area contributed by atoms with Crippen molar-refractivity contribution >= 4 is 33.2 Å². The van der Waals surface area contributed by atoms with Crippen LogP contribution >= 0.6 is 15.9 Å². The number of rotatable bonds is 3. The summed E-state index contributed by atoms with van der Waals surface area (Å²) < 4.78 is 0.724. The van der Waals surface area contributed by atoms with Crippen molar-refractivity contribution in [2.75, 3.05) is 11.1 Å². The Hall–Kier alpha value is -1.81. The first-order valence-corrected chi connectivity index (χ1v) is 6.84. The molecule has 0 bridgehead atoms. The lowest BCUT2D eigenvalue weighted by Gasteiger charge is -2.07. The van der Waals surface area contributed by atoms with Crippen LogP contribution in [0.4, 0.5) is 11.4 Å². The number of aryl methyl sites for hydroxylation is 1. The van der Waals surface area contributed by atoms with E-state index in [0.29, 0.717) is 11.3 Å². The van der Waals surface area contributed by atoms with E-state index in [1.54, 1.807) is 18.2 Å². The summed E-state index contributed by atoms with van der Waals surface area (Å²) in [6, 6.07) is 13.0. The van der Waals surface area contributed by atoms with Crippen molar-refractivity contribution in [1.29, 1.82) is 0 Å². The molecular weight excluding hydrogens is 304 g/mol. The van der Waals surface area contributed by atoms with Crippen molar-refractivity contribution in [1.82, 2.24) is 0 Å². The molecule has 3 nitrogen and oxygen atoms in total. The number of amides is 1. The standard InChI is InChI=1S/C15H15BrN2O/c1-2-10-4-3-5-12(8-10)18-15(19)11-6-7-14(17)13(16)9-11/h3-9H,2,17H2,1H3,(H,18,19). The minimum absolute atomic E-state index is 0.144. The van der Waals surface area contributed by atoms with Gasteiger partial charge in [-0.15, -0.1) is 0 Å². The van der Waals surface area contributed by atoms with Crippen molar-refractivity contribution in [2.45, 2.75) is 13.3 Å². The summed E-state index contributed by atoms with van der Waals surface area (Å²) in [5.41, 5.74) is 8.88. The molecule has 2 aromatic carbocycles. The molecule has 0 radical (unpaired) electrons. The van der Waals surface area contributed by atoms with Gasteiger partial charge in [-0.1, -0.05) is 19.1 Å². The largest absolute Gasteiger partial charge is 0.398 e. The van der Waals surface area contributed by atoms with Crippen molar-refractivity contribution in [3.05, 3.63) is 58.1 Å². The van der Waals surface area contributed by atoms with Gasteiger partial charge in [-0.3, -0.25) is 4.79 Å². The molecule has 0 saturated heterocycles. The summed E-state index contributed by atoms with van der Waals surface area (Å²) in [6.07, 6.45) is 0.942. The molecule has 2 rings (SSSR count). The van der Waals surface area contributed by atoms with Gasteiger partial charge >= 0.3 is 0 Å². The van der Waals surface area contributed by atoms with Crippen molar-refractivity contribution < 1.29 is 4.79 Å². The lowest BCUT2D eigenvalue weighted by atomic mass is 10.1. The molecule has 0 heterocycles. The molecule has 0 spiro atoms. The van der Waals surface area contributed by atoms with Gasteiger partial charge in [0.25, 0.3) is 5.91 Å². The Labute approximate surface area is 121 Å². The van der Waals surface area contributed by atoms with Crippen LogP contribution in [-0.4, -0.2) is 5.91 Å². The Balaban J connectivity index is 2.18. The molecule has 3 N–H and O–H groups in total. The molecule has 0 aliphatic heterocycles. The van der Waals surface area contributed by atoms with E-state index in [1.807, 2.05) is 24.3 Å². The fourth-order valence-electron chi connectivity index (χ4n) is 1.74. The highest BCUT2D eigenvalue weighted by Gasteiger charge is 2.08. The first kappa shape index (κ1) is 13.6. The van der Waals surface area contributed by atoms with Gasteiger partial charge in [0, 0.05) is 21.4 Å². The first-order valence-electron chi connectivity index (χ1n) is 6.05. The normalized spacial score (nSPS) is 10.2. The average molecular weight is 319 g/mol. The lowest BCUT2D eigenvalue weighted by molar-refractivity contribution is 0.102. The Morgan fingerprint density at radius 2 is 2.05 bits per heavy atom. The van der Waals surface area contributed by atoms with Crippen LogP contribution in [0.5, 0.6) is 0 Å². The van der Waals surface area contributed by atoms with E-state index in [4.69, 9.17) is 5.73 Å². The summed E-state index contributed by atoms with van der Waals surface area (Å²) in [6.45, 7) is 2.08. The van der Waals surface area contributed by atoms with E-state index >= 15 is 0 Å². The maximum absolute atomic E-state index is 12.1. The van der Waals surface area contributed by atoms with Gasteiger partial charge in [0.15, 0.2) is 0 Å². The summed E-state index contributed by atoms with van der Waals surface area (Å²) in [5, 5.41) is 2.88. The van der Waals surface area contributed by atoms with E-state index in [9.17, 15) is 4.79 Å². The van der Waals surface area contributed by atoms with Gasteiger partial charge < -0.3 is 11.1 Å². The van der Waals surface area contributed by atoms with Crippen LogP contribution in [0.3, 0.4) is 0 Å². The Kier molecular flexibility index (Phi) is 4.22. The maximum Gasteiger partial charge on any atom is 0.255 e. The van der Waals surface area contributed by atoms with Gasteiger partial charge in [0.05, 0.1) is 0 Å². The zero-order chi connectivity index (χ0) is 13.8. The molecule has 0 aliphatic rings. The highest BCUT2D eigenvalue weighted by Crippen LogP contribution is 2.21. The van der Waals surface area contributed by atoms with Gasteiger partial charge in [-0.05, 0) is 58.2 Å². The number of halogens is 1. The van der Waals surface area contributed by atoms with Crippen LogP contribution in [0.25, 0.3) is 0 Å². The third-order valence-corrected chi connectivity index (χ3v) is 3.54. The second kappa shape index (κ2) is 5.89. The van der Waals surface area contributed by atoms with Crippen molar-refractivity contribution in [3.63, 3.8) is 0 Å². The second-order valence-electron chi connectivity index (χ2n) is 4.24. The SMILES string of the molecule is CCc1cccc(NC(=O)c2ccc(N)c(Br)c2)c1. The predicted molar refractivity (Wildman–Crippen MR) is 82.3 cm³/mol. The Morgan fingerprint density at radius 3 is 2.74 bits per heavy atom. The van der Waals surface area contributed by atoms with E-state index in [2.05, 4.69) is 28.2 Å². The zero-order valence-corrected chi connectivity index (χ0v) is 12.2.